The number of amides is 1. The Morgan fingerprint density at radius 1 is 1.04 bits per heavy atom. The van der Waals surface area contributed by atoms with Crippen molar-refractivity contribution in [2.24, 2.45) is 0 Å². The second-order valence-corrected chi connectivity index (χ2v) is 7.85. The summed E-state index contributed by atoms with van der Waals surface area (Å²) in [5, 5.41) is 2.53. The van der Waals surface area contributed by atoms with Crippen molar-refractivity contribution in [2.45, 2.75) is 38.8 Å². The molecule has 1 N–H and O–H groups in total. The maximum absolute atomic E-state index is 13.9. The monoisotopic (exact) mass is 407 g/mol. The van der Waals surface area contributed by atoms with E-state index in [1.165, 1.54) is 26.2 Å². The minimum Gasteiger partial charge on any atom is -0.497 e. The number of Topliss-reactive ketones (excluding diaryl/α,β-unsaturated/α-hetero) is 1. The zero-order chi connectivity index (χ0) is 21.1. The van der Waals surface area contributed by atoms with Gasteiger partial charge in [0.2, 0.25) is 0 Å². The van der Waals surface area contributed by atoms with Crippen LogP contribution in [-0.4, -0.2) is 24.6 Å². The molecule has 150 valence electrons. The van der Waals surface area contributed by atoms with Crippen molar-refractivity contribution < 1.29 is 23.5 Å². The molecule has 0 aliphatic carbocycles. The van der Waals surface area contributed by atoms with Crippen LogP contribution in [-0.2, 0) is 10.3 Å². The molecule has 1 atom stereocenters. The summed E-state index contributed by atoms with van der Waals surface area (Å²) in [7, 11) is 1.52. The van der Waals surface area contributed by atoms with Gasteiger partial charge in [-0.15, -0.1) is 0 Å². The van der Waals surface area contributed by atoms with Gasteiger partial charge in [-0.1, -0.05) is 23.7 Å². The maximum atomic E-state index is 13.9. The van der Waals surface area contributed by atoms with Gasteiger partial charge in [0.1, 0.15) is 22.7 Å². The van der Waals surface area contributed by atoms with Gasteiger partial charge in [-0.05, 0) is 63.6 Å². The minimum atomic E-state index is -1.51. The molecule has 2 rings (SSSR count). The number of carbonyl (C=O) groups is 2. The zero-order valence-corrected chi connectivity index (χ0v) is 17.2. The average Bonchev–Trinajstić information content (AvgIpc) is 2.61. The van der Waals surface area contributed by atoms with Gasteiger partial charge in [-0.25, -0.2) is 9.18 Å². The molecule has 0 aromatic heterocycles. The summed E-state index contributed by atoms with van der Waals surface area (Å²) in [5.74, 6) is -0.644. The molecule has 0 bridgehead atoms. The normalized spacial score (nSPS) is 13.4. The van der Waals surface area contributed by atoms with Crippen LogP contribution >= 0.6 is 11.6 Å². The van der Waals surface area contributed by atoms with Crippen molar-refractivity contribution >= 4 is 23.5 Å². The Hall–Kier alpha value is -2.60. The van der Waals surface area contributed by atoms with Crippen molar-refractivity contribution in [2.75, 3.05) is 7.11 Å². The summed E-state index contributed by atoms with van der Waals surface area (Å²) in [6.45, 7) is 6.68. The molecule has 7 heteroatoms. The van der Waals surface area contributed by atoms with Gasteiger partial charge in [-0.2, -0.15) is 0 Å². The Kier molecular flexibility index (Phi) is 6.34. The van der Waals surface area contributed by atoms with E-state index in [4.69, 9.17) is 21.1 Å². The van der Waals surface area contributed by atoms with E-state index in [0.29, 0.717) is 11.3 Å². The van der Waals surface area contributed by atoms with Crippen LogP contribution in [0.1, 0.15) is 43.6 Å². The van der Waals surface area contributed by atoms with Crippen molar-refractivity contribution in [3.05, 3.63) is 64.4 Å². The number of ketones is 1. The molecule has 0 spiro atoms. The molecule has 0 aliphatic heterocycles. The Labute approximate surface area is 168 Å². The van der Waals surface area contributed by atoms with E-state index in [9.17, 15) is 14.0 Å². The van der Waals surface area contributed by atoms with Crippen LogP contribution in [0.4, 0.5) is 9.18 Å². The van der Waals surface area contributed by atoms with E-state index in [1.807, 2.05) is 0 Å². The predicted octanol–water partition coefficient (Wildman–Crippen LogP) is 5.11. The molecule has 1 unspecified atom stereocenters. The van der Waals surface area contributed by atoms with Crippen LogP contribution < -0.4 is 10.1 Å². The highest BCUT2D eigenvalue weighted by molar-refractivity contribution is 6.30. The van der Waals surface area contributed by atoms with Crippen LogP contribution in [0.15, 0.2) is 42.5 Å². The first-order valence-electron chi connectivity index (χ1n) is 8.62. The standard InChI is InChI=1S/C21H23ClFNO4/c1-20(2,3)28-19(26)24-21(4,14-7-9-15(27-5)10-8-14)18(25)13-6-11-16(22)17(23)12-13/h6-12H,1-5H3,(H,24,26). The molecule has 1 amide bonds. The van der Waals surface area contributed by atoms with Gasteiger partial charge in [0.15, 0.2) is 5.78 Å². The Morgan fingerprint density at radius 2 is 1.64 bits per heavy atom. The van der Waals surface area contributed by atoms with Crippen molar-refractivity contribution in [1.82, 2.24) is 5.32 Å². The quantitative estimate of drug-likeness (QED) is 0.699. The summed E-state index contributed by atoms with van der Waals surface area (Å²) >= 11 is 5.72. The molecular formula is C21H23ClFNO4. The highest BCUT2D eigenvalue weighted by Crippen LogP contribution is 2.29. The molecule has 28 heavy (non-hydrogen) atoms. The third kappa shape index (κ3) is 5.01. The van der Waals surface area contributed by atoms with Gasteiger partial charge in [-0.3, -0.25) is 4.79 Å². The summed E-state index contributed by atoms with van der Waals surface area (Å²) in [4.78, 5) is 25.7. The number of carbonyl (C=O) groups excluding carboxylic acids is 2. The molecular weight excluding hydrogens is 385 g/mol. The Bertz CT molecular complexity index is 877. The molecule has 0 saturated carbocycles. The number of benzene rings is 2. The number of ether oxygens (including phenoxy) is 2. The number of hydrogen-bond acceptors (Lipinski definition) is 4. The van der Waals surface area contributed by atoms with Crippen LogP contribution in [0.5, 0.6) is 5.75 Å². The fourth-order valence-electron chi connectivity index (χ4n) is 2.62. The van der Waals surface area contributed by atoms with E-state index < -0.39 is 28.8 Å². The number of hydrogen-bond donors (Lipinski definition) is 1. The largest absolute Gasteiger partial charge is 0.497 e. The van der Waals surface area contributed by atoms with Crippen molar-refractivity contribution in [3.8, 4) is 5.75 Å². The molecule has 5 nitrogen and oxygen atoms in total. The van der Waals surface area contributed by atoms with E-state index >= 15 is 0 Å². The van der Waals surface area contributed by atoms with E-state index in [0.717, 1.165) is 6.07 Å². The van der Waals surface area contributed by atoms with Gasteiger partial charge in [0.25, 0.3) is 0 Å². The maximum Gasteiger partial charge on any atom is 0.408 e. The number of rotatable bonds is 5. The molecule has 0 saturated heterocycles. The molecule has 2 aromatic carbocycles. The fraction of sp³-hybridized carbons (Fsp3) is 0.333. The lowest BCUT2D eigenvalue weighted by Gasteiger charge is -2.31. The van der Waals surface area contributed by atoms with Gasteiger partial charge in [0, 0.05) is 5.56 Å². The smallest absolute Gasteiger partial charge is 0.408 e. The molecule has 2 aromatic rings. The van der Waals surface area contributed by atoms with Gasteiger partial charge >= 0.3 is 6.09 Å². The summed E-state index contributed by atoms with van der Waals surface area (Å²) in [6, 6.07) is 10.4. The van der Waals surface area contributed by atoms with E-state index in [1.54, 1.807) is 45.0 Å². The van der Waals surface area contributed by atoms with Crippen LogP contribution in [0, 0.1) is 5.82 Å². The topological polar surface area (TPSA) is 64.6 Å². The Balaban J connectivity index is 2.48. The molecule has 0 radical (unpaired) electrons. The minimum absolute atomic E-state index is 0.0660. The summed E-state index contributed by atoms with van der Waals surface area (Å²) < 4.78 is 24.3. The second-order valence-electron chi connectivity index (χ2n) is 7.44. The predicted molar refractivity (Wildman–Crippen MR) is 105 cm³/mol. The summed E-state index contributed by atoms with van der Waals surface area (Å²) in [5.41, 5.74) is -1.70. The first kappa shape index (κ1) is 21.7. The lowest BCUT2D eigenvalue weighted by molar-refractivity contribution is 0.0441. The van der Waals surface area contributed by atoms with Crippen molar-refractivity contribution in [3.63, 3.8) is 0 Å². The first-order chi connectivity index (χ1) is 13.0. The average molecular weight is 408 g/mol. The van der Waals surface area contributed by atoms with Crippen LogP contribution in [0.25, 0.3) is 0 Å². The van der Waals surface area contributed by atoms with Gasteiger partial charge in [0.05, 0.1) is 12.1 Å². The lowest BCUT2D eigenvalue weighted by atomic mass is 9.84. The van der Waals surface area contributed by atoms with Crippen LogP contribution in [0.2, 0.25) is 5.02 Å². The number of halogens is 2. The van der Waals surface area contributed by atoms with E-state index in [-0.39, 0.29) is 10.6 Å². The summed E-state index contributed by atoms with van der Waals surface area (Å²) in [6.07, 6.45) is -0.770. The third-order valence-electron chi connectivity index (χ3n) is 4.05. The molecule has 0 heterocycles. The highest BCUT2D eigenvalue weighted by Gasteiger charge is 2.39. The second kappa shape index (κ2) is 8.19. The van der Waals surface area contributed by atoms with E-state index in [2.05, 4.69) is 5.32 Å². The van der Waals surface area contributed by atoms with Gasteiger partial charge < -0.3 is 14.8 Å². The lowest BCUT2D eigenvalue weighted by Crippen LogP contribution is -2.51. The molecule has 0 fully saturated rings. The Morgan fingerprint density at radius 3 is 2.14 bits per heavy atom. The van der Waals surface area contributed by atoms with Crippen molar-refractivity contribution in [1.29, 1.82) is 0 Å². The zero-order valence-electron chi connectivity index (χ0n) is 16.4. The number of nitrogens with one attached hydrogen (secondary N) is 1. The molecule has 0 aliphatic rings. The third-order valence-corrected chi connectivity index (χ3v) is 4.36. The first-order valence-corrected chi connectivity index (χ1v) is 8.99. The highest BCUT2D eigenvalue weighted by atomic mass is 35.5. The number of alkyl carbamates (subject to hydrolysis) is 1. The number of methoxy groups -OCH3 is 1. The fourth-order valence-corrected chi connectivity index (χ4v) is 2.74. The van der Waals surface area contributed by atoms with Crippen LogP contribution in [0.3, 0.4) is 0 Å². The SMILES string of the molecule is COc1ccc(C(C)(NC(=O)OC(C)(C)C)C(=O)c2ccc(Cl)c(F)c2)cc1.